The number of carbonyl (C=O) groups is 2. The van der Waals surface area contributed by atoms with Crippen LogP contribution in [0.4, 0.5) is 5.00 Å². The van der Waals surface area contributed by atoms with Gasteiger partial charge in [-0.3, -0.25) is 14.5 Å². The Bertz CT molecular complexity index is 1340. The van der Waals surface area contributed by atoms with Crippen LogP contribution < -0.4 is 15.8 Å². The van der Waals surface area contributed by atoms with Crippen LogP contribution >= 0.6 is 11.3 Å². The molecule has 1 aliphatic heterocycles. The first-order valence-corrected chi connectivity index (χ1v) is 11.4. The van der Waals surface area contributed by atoms with E-state index in [0.29, 0.717) is 34.9 Å². The fourth-order valence-corrected chi connectivity index (χ4v) is 5.55. The minimum atomic E-state index is -0.536. The number of hydrogen-bond donors (Lipinski definition) is 2. The average molecular weight is 462 g/mol. The second kappa shape index (κ2) is 8.73. The fourth-order valence-electron chi connectivity index (χ4n) is 4.26. The van der Waals surface area contributed by atoms with Crippen molar-refractivity contribution in [1.29, 1.82) is 0 Å². The highest BCUT2D eigenvalue weighted by Crippen LogP contribution is 2.38. The first kappa shape index (κ1) is 21.2. The molecule has 2 amide bonds. The van der Waals surface area contributed by atoms with Crippen LogP contribution in [0, 0.1) is 0 Å². The molecule has 0 bridgehead atoms. The number of carbonyl (C=O) groups excluding carboxylic acids is 2. The summed E-state index contributed by atoms with van der Waals surface area (Å²) in [5.74, 6) is -0.280. The first-order chi connectivity index (χ1) is 16.0. The molecule has 0 atom stereocenters. The summed E-state index contributed by atoms with van der Waals surface area (Å²) < 4.78 is 11.1. The monoisotopic (exact) mass is 461 g/mol. The van der Waals surface area contributed by atoms with Crippen LogP contribution in [0.1, 0.15) is 36.9 Å². The van der Waals surface area contributed by atoms with Crippen LogP contribution in [0.2, 0.25) is 0 Å². The van der Waals surface area contributed by atoms with Crippen LogP contribution in [0.25, 0.3) is 11.0 Å². The van der Waals surface area contributed by atoms with Gasteiger partial charge in [-0.1, -0.05) is 42.5 Å². The summed E-state index contributed by atoms with van der Waals surface area (Å²) in [6.07, 6.45) is 0.703. The lowest BCUT2D eigenvalue weighted by Gasteiger charge is -2.27. The van der Waals surface area contributed by atoms with Gasteiger partial charge in [0.25, 0.3) is 11.8 Å². The zero-order valence-electron chi connectivity index (χ0n) is 18.1. The zero-order chi connectivity index (χ0) is 22.9. The molecule has 0 unspecified atom stereocenters. The molecule has 0 saturated heterocycles. The molecule has 4 aromatic rings. The first-order valence-electron chi connectivity index (χ1n) is 10.6. The molecular weight excluding hydrogens is 438 g/mol. The van der Waals surface area contributed by atoms with E-state index in [2.05, 4.69) is 22.3 Å². The van der Waals surface area contributed by atoms with Crippen LogP contribution in [0.5, 0.6) is 5.75 Å². The molecule has 0 spiro atoms. The summed E-state index contributed by atoms with van der Waals surface area (Å²) in [4.78, 5) is 28.6. The molecule has 3 heterocycles. The van der Waals surface area contributed by atoms with Crippen LogP contribution in [-0.2, 0) is 19.5 Å². The number of thiophene rings is 1. The molecule has 8 heteroatoms. The van der Waals surface area contributed by atoms with Gasteiger partial charge in [0.1, 0.15) is 5.00 Å². The number of amides is 2. The number of anilines is 1. The van der Waals surface area contributed by atoms with Crippen molar-refractivity contribution < 1.29 is 18.7 Å². The SMILES string of the molecule is COc1cccc2cc(C(=O)Nc3sc4c(c3C(N)=O)CCN(Cc3ccccc3)C4)oc12. The molecule has 2 aromatic carbocycles. The van der Waals surface area contributed by atoms with E-state index < -0.39 is 11.8 Å². The third-order valence-electron chi connectivity index (χ3n) is 5.81. The Kier molecular flexibility index (Phi) is 5.62. The maximum atomic E-state index is 13.0. The van der Waals surface area contributed by atoms with E-state index in [1.54, 1.807) is 19.2 Å². The highest BCUT2D eigenvalue weighted by molar-refractivity contribution is 7.17. The van der Waals surface area contributed by atoms with E-state index in [4.69, 9.17) is 14.9 Å². The van der Waals surface area contributed by atoms with Crippen molar-refractivity contribution in [3.63, 3.8) is 0 Å². The molecule has 3 N–H and O–H groups in total. The van der Waals surface area contributed by atoms with Gasteiger partial charge >= 0.3 is 0 Å². The Morgan fingerprint density at radius 2 is 2.00 bits per heavy atom. The number of nitrogens with two attached hydrogens (primary N) is 1. The Morgan fingerprint density at radius 1 is 1.18 bits per heavy atom. The maximum absolute atomic E-state index is 13.0. The summed E-state index contributed by atoms with van der Waals surface area (Å²) in [7, 11) is 1.55. The standard InChI is InChI=1S/C25H23N3O4S/c1-31-18-9-5-8-16-12-19(32-22(16)18)24(30)27-25-21(23(26)29)17-10-11-28(14-20(17)33-25)13-15-6-3-2-4-7-15/h2-9,12H,10-11,13-14H2,1H3,(H2,26,29)(H,27,30). The summed E-state index contributed by atoms with van der Waals surface area (Å²) in [6, 6.07) is 17.4. The van der Waals surface area contributed by atoms with Crippen molar-refractivity contribution >= 4 is 39.1 Å². The van der Waals surface area contributed by atoms with Crippen LogP contribution in [0.3, 0.4) is 0 Å². The maximum Gasteiger partial charge on any atom is 0.292 e. The van der Waals surface area contributed by atoms with Gasteiger partial charge in [0.15, 0.2) is 17.1 Å². The summed E-state index contributed by atoms with van der Waals surface area (Å²) in [6.45, 7) is 2.34. The summed E-state index contributed by atoms with van der Waals surface area (Å²) in [5.41, 5.74) is 8.79. The molecule has 1 aliphatic rings. The molecule has 0 aliphatic carbocycles. The average Bonchev–Trinajstić information content (AvgIpc) is 3.40. The van der Waals surface area contributed by atoms with Gasteiger partial charge in [0, 0.05) is 29.9 Å². The Labute approximate surface area is 194 Å². The van der Waals surface area contributed by atoms with Crippen LogP contribution in [-0.4, -0.2) is 30.4 Å². The number of nitrogens with zero attached hydrogens (tertiary/aromatic N) is 1. The minimum Gasteiger partial charge on any atom is -0.493 e. The lowest BCUT2D eigenvalue weighted by atomic mass is 10.0. The molecule has 7 nitrogen and oxygen atoms in total. The minimum absolute atomic E-state index is 0.141. The highest BCUT2D eigenvalue weighted by atomic mass is 32.1. The second-order valence-electron chi connectivity index (χ2n) is 7.96. The molecule has 33 heavy (non-hydrogen) atoms. The summed E-state index contributed by atoms with van der Waals surface area (Å²) >= 11 is 1.40. The molecule has 0 saturated carbocycles. The zero-order valence-corrected chi connectivity index (χ0v) is 18.9. The number of primary amides is 1. The smallest absolute Gasteiger partial charge is 0.292 e. The van der Waals surface area contributed by atoms with E-state index in [1.165, 1.54) is 16.9 Å². The van der Waals surface area contributed by atoms with Crippen molar-refractivity contribution in [2.45, 2.75) is 19.5 Å². The second-order valence-corrected chi connectivity index (χ2v) is 9.07. The van der Waals surface area contributed by atoms with Crippen molar-refractivity contribution in [3.05, 3.63) is 81.9 Å². The number of methoxy groups -OCH3 is 1. The number of para-hydroxylation sites is 1. The molecule has 2 aromatic heterocycles. The Balaban J connectivity index is 1.40. The van der Waals surface area contributed by atoms with Gasteiger partial charge in [0.05, 0.1) is 12.7 Å². The number of ether oxygens (including phenoxy) is 1. The van der Waals surface area contributed by atoms with Gasteiger partial charge in [0.2, 0.25) is 0 Å². The largest absolute Gasteiger partial charge is 0.493 e. The molecule has 0 radical (unpaired) electrons. The third-order valence-corrected chi connectivity index (χ3v) is 6.94. The quantitative estimate of drug-likeness (QED) is 0.443. The van der Waals surface area contributed by atoms with Gasteiger partial charge in [-0.2, -0.15) is 0 Å². The van der Waals surface area contributed by atoms with E-state index in [-0.39, 0.29) is 5.76 Å². The van der Waals surface area contributed by atoms with E-state index in [0.717, 1.165) is 28.9 Å². The highest BCUT2D eigenvalue weighted by Gasteiger charge is 2.28. The fraction of sp³-hybridized carbons (Fsp3) is 0.200. The van der Waals surface area contributed by atoms with Crippen molar-refractivity contribution in [2.24, 2.45) is 5.73 Å². The number of nitrogens with one attached hydrogen (secondary N) is 1. The lowest BCUT2D eigenvalue weighted by molar-refractivity contribution is 0.0999. The Hall–Kier alpha value is -3.62. The number of furan rings is 1. The lowest BCUT2D eigenvalue weighted by Crippen LogP contribution is -2.30. The van der Waals surface area contributed by atoms with Gasteiger partial charge in [-0.25, -0.2) is 0 Å². The number of fused-ring (bicyclic) bond motifs is 2. The van der Waals surface area contributed by atoms with Crippen molar-refractivity contribution in [1.82, 2.24) is 4.90 Å². The molecule has 168 valence electrons. The third kappa shape index (κ3) is 4.10. The predicted molar refractivity (Wildman–Crippen MR) is 128 cm³/mol. The van der Waals surface area contributed by atoms with E-state index >= 15 is 0 Å². The number of benzene rings is 2. The van der Waals surface area contributed by atoms with Crippen molar-refractivity contribution in [2.75, 3.05) is 19.0 Å². The van der Waals surface area contributed by atoms with Gasteiger partial charge < -0.3 is 20.2 Å². The molecule has 0 fully saturated rings. The van der Waals surface area contributed by atoms with Crippen molar-refractivity contribution in [3.8, 4) is 5.75 Å². The predicted octanol–water partition coefficient (Wildman–Crippen LogP) is 4.41. The summed E-state index contributed by atoms with van der Waals surface area (Å²) in [5, 5.41) is 4.08. The van der Waals surface area contributed by atoms with E-state index in [9.17, 15) is 9.59 Å². The van der Waals surface area contributed by atoms with E-state index in [1.807, 2.05) is 30.3 Å². The van der Waals surface area contributed by atoms with Gasteiger partial charge in [-0.15, -0.1) is 11.3 Å². The Morgan fingerprint density at radius 3 is 2.76 bits per heavy atom. The topological polar surface area (TPSA) is 97.8 Å². The molecule has 5 rings (SSSR count). The van der Waals surface area contributed by atoms with Gasteiger partial charge in [-0.05, 0) is 29.7 Å². The number of hydrogen-bond acceptors (Lipinski definition) is 6. The molecular formula is C25H23N3O4S. The number of rotatable bonds is 6. The normalized spacial score (nSPS) is 13.6. The van der Waals surface area contributed by atoms with Crippen LogP contribution in [0.15, 0.2) is 59.0 Å².